The quantitative estimate of drug-likeness (QED) is 0.557. The van der Waals surface area contributed by atoms with Crippen LogP contribution in [0.25, 0.3) is 21.2 Å². The summed E-state index contributed by atoms with van der Waals surface area (Å²) in [5.74, 6) is 0.437. The first-order valence-electron chi connectivity index (χ1n) is 7.96. The topological polar surface area (TPSA) is 56.7 Å². The van der Waals surface area contributed by atoms with E-state index < -0.39 is 5.91 Å². The van der Waals surface area contributed by atoms with Crippen LogP contribution in [0.1, 0.15) is 17.5 Å². The van der Waals surface area contributed by atoms with Crippen LogP contribution in [0.5, 0.6) is 5.75 Å². The zero-order valence-corrected chi connectivity index (χ0v) is 14.7. The van der Waals surface area contributed by atoms with Crippen LogP contribution in [0.4, 0.5) is 0 Å². The van der Waals surface area contributed by atoms with Gasteiger partial charge in [0, 0.05) is 12.4 Å². The Morgan fingerprint density at radius 3 is 2.88 bits per heavy atom. The van der Waals surface area contributed by atoms with Crippen LogP contribution in [-0.2, 0) is 7.05 Å². The lowest BCUT2D eigenvalue weighted by Crippen LogP contribution is -2.12. The van der Waals surface area contributed by atoms with Crippen LogP contribution < -0.4 is 9.54 Å². The summed E-state index contributed by atoms with van der Waals surface area (Å²) < 4.78 is 14.3. The number of aryl methyl sites for hydroxylation is 1. The highest BCUT2D eigenvalue weighted by atomic mass is 32.1. The maximum absolute atomic E-state index is 12.6. The summed E-state index contributed by atoms with van der Waals surface area (Å²) in [6, 6.07) is 15.2. The number of ether oxygens (including phenoxy) is 1. The molecule has 1 amide bonds. The van der Waals surface area contributed by atoms with E-state index in [1.54, 1.807) is 6.07 Å². The normalized spacial score (nSPS) is 12.2. The van der Waals surface area contributed by atoms with E-state index in [0.717, 1.165) is 15.6 Å². The lowest BCUT2D eigenvalue weighted by molar-refractivity contribution is 0.0973. The monoisotopic (exact) mass is 352 g/mol. The van der Waals surface area contributed by atoms with E-state index in [1.165, 1.54) is 11.3 Å². The van der Waals surface area contributed by atoms with Crippen molar-refractivity contribution in [1.29, 1.82) is 0 Å². The molecule has 0 N–H and O–H groups in total. The number of nitrogens with zero attached hydrogens (tertiary/aromatic N) is 2. The van der Waals surface area contributed by atoms with E-state index in [1.807, 2.05) is 61.0 Å². The molecule has 0 saturated carbocycles. The molecule has 0 aliphatic heterocycles. The minimum Gasteiger partial charge on any atom is -0.490 e. The number of thiazole rings is 1. The van der Waals surface area contributed by atoms with Crippen molar-refractivity contribution in [1.82, 2.24) is 4.57 Å². The predicted molar refractivity (Wildman–Crippen MR) is 98.1 cm³/mol. The van der Waals surface area contributed by atoms with Crippen molar-refractivity contribution >= 4 is 38.4 Å². The first-order chi connectivity index (χ1) is 12.2. The molecule has 2 heterocycles. The fraction of sp³-hybridized carbons (Fsp3) is 0.158. The third-order valence-corrected chi connectivity index (χ3v) is 5.04. The molecule has 6 heteroatoms. The van der Waals surface area contributed by atoms with Gasteiger partial charge in [-0.1, -0.05) is 35.6 Å². The van der Waals surface area contributed by atoms with E-state index in [-0.39, 0.29) is 5.76 Å². The Morgan fingerprint density at radius 2 is 2.08 bits per heavy atom. The zero-order chi connectivity index (χ0) is 17.4. The summed E-state index contributed by atoms with van der Waals surface area (Å²) in [6.45, 7) is 2.44. The second-order valence-electron chi connectivity index (χ2n) is 5.55. The minimum absolute atomic E-state index is 0.208. The number of fused-ring (bicyclic) bond motifs is 2. The number of furan rings is 1. The standard InChI is InChI=1S/C19H16N2O3S/c1-3-23-14-9-6-7-12-11-15(24-17(12)14)18(22)20-19-21(2)13-8-4-5-10-16(13)25-19/h4-11H,3H2,1-2H3. The first kappa shape index (κ1) is 15.7. The number of carbonyl (C=O) groups is 1. The molecule has 0 radical (unpaired) electrons. The molecule has 0 bridgehead atoms. The number of hydrogen-bond acceptors (Lipinski definition) is 4. The van der Waals surface area contributed by atoms with E-state index in [9.17, 15) is 4.79 Å². The molecule has 5 nitrogen and oxygen atoms in total. The molecule has 2 aromatic carbocycles. The van der Waals surface area contributed by atoms with Crippen molar-refractivity contribution in [3.05, 3.63) is 59.1 Å². The molecule has 0 unspecified atom stereocenters. The maximum Gasteiger partial charge on any atom is 0.315 e. The molecule has 0 saturated heterocycles. The van der Waals surface area contributed by atoms with Crippen molar-refractivity contribution in [2.45, 2.75) is 6.92 Å². The highest BCUT2D eigenvalue weighted by molar-refractivity contribution is 7.16. The number of hydrogen-bond donors (Lipinski definition) is 0. The summed E-state index contributed by atoms with van der Waals surface area (Å²) in [6.07, 6.45) is 0. The van der Waals surface area contributed by atoms with Gasteiger partial charge < -0.3 is 13.7 Å². The smallest absolute Gasteiger partial charge is 0.315 e. The third-order valence-electron chi connectivity index (χ3n) is 3.93. The SMILES string of the molecule is CCOc1cccc2cc(C(=O)N=c3sc4ccccc4n3C)oc12. The summed E-state index contributed by atoms with van der Waals surface area (Å²) in [5, 5.41) is 0.824. The third kappa shape index (κ3) is 2.74. The summed E-state index contributed by atoms with van der Waals surface area (Å²) >= 11 is 1.47. The zero-order valence-electron chi connectivity index (χ0n) is 13.9. The highest BCUT2D eigenvalue weighted by Gasteiger charge is 2.15. The van der Waals surface area contributed by atoms with Gasteiger partial charge in [0.15, 0.2) is 21.9 Å². The Balaban J connectivity index is 1.79. The van der Waals surface area contributed by atoms with Crippen molar-refractivity contribution in [3.63, 3.8) is 0 Å². The van der Waals surface area contributed by atoms with Gasteiger partial charge in [-0.25, -0.2) is 0 Å². The van der Waals surface area contributed by atoms with Gasteiger partial charge in [0.25, 0.3) is 0 Å². The Morgan fingerprint density at radius 1 is 1.24 bits per heavy atom. The van der Waals surface area contributed by atoms with E-state index in [2.05, 4.69) is 4.99 Å². The van der Waals surface area contributed by atoms with Gasteiger partial charge in [0.1, 0.15) is 0 Å². The van der Waals surface area contributed by atoms with Crippen molar-refractivity contribution in [2.24, 2.45) is 12.0 Å². The Hall–Kier alpha value is -2.86. The largest absolute Gasteiger partial charge is 0.490 e. The number of para-hydroxylation sites is 2. The average molecular weight is 352 g/mol. The van der Waals surface area contributed by atoms with Crippen LogP contribution in [0.2, 0.25) is 0 Å². The van der Waals surface area contributed by atoms with E-state index >= 15 is 0 Å². The molecule has 4 aromatic rings. The number of carbonyl (C=O) groups excluding carboxylic acids is 1. The van der Waals surface area contributed by atoms with Crippen LogP contribution in [-0.4, -0.2) is 17.1 Å². The first-order valence-corrected chi connectivity index (χ1v) is 8.78. The van der Waals surface area contributed by atoms with E-state index in [0.29, 0.717) is 22.7 Å². The average Bonchev–Trinajstić information content (AvgIpc) is 3.18. The molecule has 0 spiro atoms. The van der Waals surface area contributed by atoms with Crippen molar-refractivity contribution < 1.29 is 13.9 Å². The number of amides is 1. The summed E-state index contributed by atoms with van der Waals surface area (Å²) in [5.41, 5.74) is 1.62. The van der Waals surface area contributed by atoms with Crippen LogP contribution in [0.15, 0.2) is 57.9 Å². The molecule has 4 rings (SSSR count). The van der Waals surface area contributed by atoms with Crippen molar-refractivity contribution in [3.8, 4) is 5.75 Å². The predicted octanol–water partition coefficient (Wildman–Crippen LogP) is 4.13. The van der Waals surface area contributed by atoms with E-state index in [4.69, 9.17) is 9.15 Å². The van der Waals surface area contributed by atoms with Crippen LogP contribution in [0.3, 0.4) is 0 Å². The molecule has 25 heavy (non-hydrogen) atoms. The number of aromatic nitrogens is 1. The molecule has 0 atom stereocenters. The molecule has 0 aliphatic rings. The molecule has 2 aromatic heterocycles. The van der Waals surface area contributed by atoms with Gasteiger partial charge in [0.05, 0.1) is 16.8 Å². The molecule has 0 fully saturated rings. The molecule has 0 aliphatic carbocycles. The summed E-state index contributed by atoms with van der Waals surface area (Å²) in [7, 11) is 1.90. The molecular formula is C19H16N2O3S. The van der Waals surface area contributed by atoms with Gasteiger partial charge in [-0.3, -0.25) is 4.79 Å². The Kier molecular flexibility index (Phi) is 3.89. The van der Waals surface area contributed by atoms with Crippen molar-refractivity contribution in [2.75, 3.05) is 6.61 Å². The van der Waals surface area contributed by atoms with Crippen LogP contribution >= 0.6 is 11.3 Å². The van der Waals surface area contributed by atoms with Gasteiger partial charge in [-0.2, -0.15) is 4.99 Å². The van der Waals surface area contributed by atoms with Crippen LogP contribution in [0, 0.1) is 0 Å². The van der Waals surface area contributed by atoms with Gasteiger partial charge in [-0.05, 0) is 31.2 Å². The second kappa shape index (κ2) is 6.22. The Labute approximate surface area is 147 Å². The fourth-order valence-corrected chi connectivity index (χ4v) is 3.76. The number of rotatable bonds is 3. The number of benzene rings is 2. The Bertz CT molecular complexity index is 1150. The highest BCUT2D eigenvalue weighted by Crippen LogP contribution is 2.29. The van der Waals surface area contributed by atoms with Gasteiger partial charge in [0.2, 0.25) is 0 Å². The minimum atomic E-state index is -0.402. The maximum atomic E-state index is 12.6. The van der Waals surface area contributed by atoms with Gasteiger partial charge in [-0.15, -0.1) is 0 Å². The molecule has 126 valence electrons. The van der Waals surface area contributed by atoms with Gasteiger partial charge >= 0.3 is 5.91 Å². The fourth-order valence-electron chi connectivity index (χ4n) is 2.74. The molecular weight excluding hydrogens is 336 g/mol. The summed E-state index contributed by atoms with van der Waals surface area (Å²) in [4.78, 5) is 17.5. The second-order valence-corrected chi connectivity index (χ2v) is 6.56. The lowest BCUT2D eigenvalue weighted by Gasteiger charge is -2.01. The lowest BCUT2D eigenvalue weighted by atomic mass is 10.2.